The van der Waals surface area contributed by atoms with Gasteiger partial charge in [-0.3, -0.25) is 4.98 Å². The number of anilines is 1. The van der Waals surface area contributed by atoms with Crippen LogP contribution in [-0.4, -0.2) is 33.8 Å². The van der Waals surface area contributed by atoms with E-state index in [1.54, 1.807) is 12.3 Å². The molecule has 4 nitrogen and oxygen atoms in total. The van der Waals surface area contributed by atoms with E-state index in [0.717, 1.165) is 5.69 Å². The molecule has 5 heteroatoms. The predicted molar refractivity (Wildman–Crippen MR) is 51.7 cm³/mol. The second-order valence-corrected chi connectivity index (χ2v) is 5.06. The largest absolute Gasteiger partial charge is 0.376 e. The molecule has 72 valence electrons. The van der Waals surface area contributed by atoms with Crippen LogP contribution >= 0.6 is 0 Å². The van der Waals surface area contributed by atoms with Crippen molar-refractivity contribution in [2.75, 3.05) is 25.3 Å². The number of sulfone groups is 1. The van der Waals surface area contributed by atoms with Crippen LogP contribution in [0.1, 0.15) is 0 Å². The summed E-state index contributed by atoms with van der Waals surface area (Å²) in [7, 11) is 0.525. The van der Waals surface area contributed by atoms with E-state index in [1.807, 2.05) is 19.0 Å². The Morgan fingerprint density at radius 1 is 1.31 bits per heavy atom. The molecule has 1 rings (SSSR count). The molecule has 0 amide bonds. The van der Waals surface area contributed by atoms with Gasteiger partial charge in [-0.25, -0.2) is 8.42 Å². The molecule has 0 N–H and O–H groups in total. The average molecular weight is 200 g/mol. The summed E-state index contributed by atoms with van der Waals surface area (Å²) in [6.45, 7) is 0. The van der Waals surface area contributed by atoms with Crippen molar-refractivity contribution in [2.24, 2.45) is 0 Å². The molecule has 0 saturated carbocycles. The Balaban J connectivity index is 3.21. The summed E-state index contributed by atoms with van der Waals surface area (Å²) in [6.07, 6.45) is 4.14. The van der Waals surface area contributed by atoms with Crippen LogP contribution in [0.25, 0.3) is 0 Å². The van der Waals surface area contributed by atoms with Crippen molar-refractivity contribution in [3.8, 4) is 0 Å². The molecule has 0 spiro atoms. The van der Waals surface area contributed by atoms with E-state index >= 15 is 0 Å². The topological polar surface area (TPSA) is 50.3 Å². The highest BCUT2D eigenvalue weighted by Gasteiger charge is 2.08. The van der Waals surface area contributed by atoms with E-state index in [9.17, 15) is 8.42 Å². The number of hydrogen-bond acceptors (Lipinski definition) is 4. The molecule has 1 aromatic rings. The Kier molecular flexibility index (Phi) is 2.56. The van der Waals surface area contributed by atoms with Gasteiger partial charge in [0.2, 0.25) is 0 Å². The molecule has 13 heavy (non-hydrogen) atoms. The fraction of sp³-hybridized carbons (Fsp3) is 0.375. The molecule has 1 aromatic heterocycles. The van der Waals surface area contributed by atoms with Gasteiger partial charge in [0.1, 0.15) is 0 Å². The third-order valence-electron chi connectivity index (χ3n) is 1.64. The zero-order valence-electron chi connectivity index (χ0n) is 7.85. The molecule has 0 aromatic carbocycles. The van der Waals surface area contributed by atoms with Crippen LogP contribution in [0.4, 0.5) is 5.69 Å². The van der Waals surface area contributed by atoms with Gasteiger partial charge in [0.25, 0.3) is 0 Å². The smallest absolute Gasteiger partial charge is 0.177 e. The lowest BCUT2D eigenvalue weighted by Gasteiger charge is -2.11. The summed E-state index contributed by atoms with van der Waals surface area (Å²) in [4.78, 5) is 5.91. The van der Waals surface area contributed by atoms with Crippen LogP contribution in [0, 0.1) is 0 Å². The molecule has 0 aliphatic rings. The highest BCUT2D eigenvalue weighted by molar-refractivity contribution is 7.90. The van der Waals surface area contributed by atoms with Crippen molar-refractivity contribution in [1.29, 1.82) is 0 Å². The molecule has 0 aliphatic heterocycles. The maximum absolute atomic E-state index is 11.1. The monoisotopic (exact) mass is 200 g/mol. The lowest BCUT2D eigenvalue weighted by Crippen LogP contribution is -2.10. The summed E-state index contributed by atoms with van der Waals surface area (Å²) in [5.74, 6) is 0. The minimum atomic E-state index is -3.15. The number of aromatic nitrogens is 1. The quantitative estimate of drug-likeness (QED) is 0.699. The van der Waals surface area contributed by atoms with Crippen LogP contribution in [0.3, 0.4) is 0 Å². The van der Waals surface area contributed by atoms with Gasteiger partial charge >= 0.3 is 0 Å². The molecule has 0 atom stereocenters. The minimum absolute atomic E-state index is 0.249. The SMILES string of the molecule is CN(C)c1cncc(S(C)(=O)=O)c1. The van der Waals surface area contributed by atoms with Crippen molar-refractivity contribution in [1.82, 2.24) is 4.98 Å². The molecule has 0 radical (unpaired) electrons. The van der Waals surface area contributed by atoms with Gasteiger partial charge in [-0.1, -0.05) is 0 Å². The van der Waals surface area contributed by atoms with Crippen molar-refractivity contribution < 1.29 is 8.42 Å². The highest BCUT2D eigenvalue weighted by atomic mass is 32.2. The maximum Gasteiger partial charge on any atom is 0.177 e. The van der Waals surface area contributed by atoms with Crippen LogP contribution in [0.5, 0.6) is 0 Å². The van der Waals surface area contributed by atoms with Gasteiger partial charge in [0.15, 0.2) is 9.84 Å². The second-order valence-electron chi connectivity index (χ2n) is 3.05. The lowest BCUT2D eigenvalue weighted by atomic mass is 10.4. The van der Waals surface area contributed by atoms with Crippen molar-refractivity contribution in [2.45, 2.75) is 4.90 Å². The summed E-state index contributed by atoms with van der Waals surface area (Å²) < 4.78 is 22.3. The fourth-order valence-electron chi connectivity index (χ4n) is 0.855. The van der Waals surface area contributed by atoms with E-state index < -0.39 is 9.84 Å². The highest BCUT2D eigenvalue weighted by Crippen LogP contribution is 2.14. The number of rotatable bonds is 2. The summed E-state index contributed by atoms with van der Waals surface area (Å²) in [6, 6.07) is 1.60. The Bertz CT molecular complexity index is 398. The lowest BCUT2D eigenvalue weighted by molar-refractivity contribution is 0.601. The average Bonchev–Trinajstić information content (AvgIpc) is 2.03. The molecule has 0 fully saturated rings. The molecule has 0 saturated heterocycles. The first kappa shape index (κ1) is 9.98. The second kappa shape index (κ2) is 3.33. The Hall–Kier alpha value is -1.10. The van der Waals surface area contributed by atoms with Crippen molar-refractivity contribution in [3.63, 3.8) is 0 Å². The third kappa shape index (κ3) is 2.42. The summed E-state index contributed by atoms with van der Waals surface area (Å²) in [5, 5.41) is 0. The van der Waals surface area contributed by atoms with Crippen LogP contribution < -0.4 is 4.90 Å². The van der Waals surface area contributed by atoms with E-state index in [0.29, 0.717) is 0 Å². The van der Waals surface area contributed by atoms with E-state index in [1.165, 1.54) is 12.5 Å². The van der Waals surface area contributed by atoms with E-state index in [2.05, 4.69) is 4.98 Å². The van der Waals surface area contributed by atoms with Gasteiger partial charge in [0.05, 0.1) is 16.8 Å². The van der Waals surface area contributed by atoms with Gasteiger partial charge in [0, 0.05) is 26.5 Å². The van der Waals surface area contributed by atoms with Gasteiger partial charge < -0.3 is 4.90 Å². The first-order chi connectivity index (χ1) is 5.91. The van der Waals surface area contributed by atoms with Crippen molar-refractivity contribution in [3.05, 3.63) is 18.5 Å². The van der Waals surface area contributed by atoms with Crippen LogP contribution in [0.2, 0.25) is 0 Å². The van der Waals surface area contributed by atoms with E-state index in [4.69, 9.17) is 0 Å². The van der Waals surface area contributed by atoms with Crippen molar-refractivity contribution >= 4 is 15.5 Å². The van der Waals surface area contributed by atoms with Gasteiger partial charge in [-0.15, -0.1) is 0 Å². The first-order valence-electron chi connectivity index (χ1n) is 3.73. The number of hydrogen-bond donors (Lipinski definition) is 0. The summed E-state index contributed by atoms with van der Waals surface area (Å²) in [5.41, 5.74) is 0.780. The fourth-order valence-corrected chi connectivity index (χ4v) is 1.44. The molecular formula is C8H12N2O2S. The molecular weight excluding hydrogens is 188 g/mol. The zero-order chi connectivity index (χ0) is 10.1. The Morgan fingerprint density at radius 3 is 2.38 bits per heavy atom. The molecule has 0 unspecified atom stereocenters. The third-order valence-corrected chi connectivity index (χ3v) is 2.72. The first-order valence-corrected chi connectivity index (χ1v) is 5.63. The van der Waals surface area contributed by atoms with Crippen LogP contribution in [0.15, 0.2) is 23.4 Å². The molecule has 0 bridgehead atoms. The van der Waals surface area contributed by atoms with Crippen LogP contribution in [-0.2, 0) is 9.84 Å². The zero-order valence-corrected chi connectivity index (χ0v) is 8.67. The van der Waals surface area contributed by atoms with Gasteiger partial charge in [-0.2, -0.15) is 0 Å². The van der Waals surface area contributed by atoms with E-state index in [-0.39, 0.29) is 4.90 Å². The Labute approximate surface area is 78.1 Å². The molecule has 0 aliphatic carbocycles. The van der Waals surface area contributed by atoms with Gasteiger partial charge in [-0.05, 0) is 6.07 Å². The minimum Gasteiger partial charge on any atom is -0.376 e. The molecule has 1 heterocycles. The number of pyridine rings is 1. The predicted octanol–water partition coefficient (Wildman–Crippen LogP) is 0.551. The maximum atomic E-state index is 11.1. The summed E-state index contributed by atoms with van der Waals surface area (Å²) >= 11 is 0. The Morgan fingerprint density at radius 2 is 1.92 bits per heavy atom. The number of nitrogens with zero attached hydrogens (tertiary/aromatic N) is 2. The normalized spacial score (nSPS) is 11.3. The standard InChI is InChI=1S/C8H12N2O2S/c1-10(2)7-4-8(6-9-5-7)13(3,11)12/h4-6H,1-3H3.